The number of ketones is 1. The molecule has 0 N–H and O–H groups in total. The zero-order valence-electron chi connectivity index (χ0n) is 9.44. The molecule has 0 bridgehead atoms. The van der Waals surface area contributed by atoms with E-state index in [1.807, 2.05) is 37.3 Å². The van der Waals surface area contributed by atoms with Gasteiger partial charge in [-0.3, -0.25) is 4.79 Å². The summed E-state index contributed by atoms with van der Waals surface area (Å²) in [7, 11) is 0. The molecule has 1 aromatic carbocycles. The summed E-state index contributed by atoms with van der Waals surface area (Å²) in [5.74, 6) is -1.21. The molecular weight excluding hydrogens is 204 g/mol. The van der Waals surface area contributed by atoms with Crippen LogP contribution in [-0.4, -0.2) is 18.4 Å². The molecule has 0 atom stereocenters. The normalized spacial score (nSPS) is 9.81. The Bertz CT molecular complexity index is 343. The Morgan fingerprint density at radius 1 is 1.19 bits per heavy atom. The maximum Gasteiger partial charge on any atom is 0.374 e. The number of Topliss-reactive ketones (excluding diaryl/α,β-unsaturated/α-hetero) is 1. The largest absolute Gasteiger partial charge is 0.460 e. The van der Waals surface area contributed by atoms with Gasteiger partial charge in [0.25, 0.3) is 0 Å². The summed E-state index contributed by atoms with van der Waals surface area (Å²) in [6, 6.07) is 9.18. The number of esters is 1. The number of rotatable bonds is 6. The van der Waals surface area contributed by atoms with Crippen LogP contribution in [0.1, 0.15) is 25.3 Å². The van der Waals surface area contributed by atoms with Crippen molar-refractivity contribution < 1.29 is 14.3 Å². The lowest BCUT2D eigenvalue weighted by Crippen LogP contribution is -2.19. The zero-order valence-corrected chi connectivity index (χ0v) is 9.44. The molecule has 0 amide bonds. The first kappa shape index (κ1) is 12.4. The van der Waals surface area contributed by atoms with Gasteiger partial charge in [-0.05, 0) is 12.0 Å². The van der Waals surface area contributed by atoms with Crippen LogP contribution in [0.3, 0.4) is 0 Å². The van der Waals surface area contributed by atoms with Crippen LogP contribution < -0.4 is 0 Å². The molecule has 1 aromatic rings. The van der Waals surface area contributed by atoms with E-state index in [4.69, 9.17) is 4.74 Å². The molecule has 0 saturated heterocycles. The van der Waals surface area contributed by atoms with E-state index >= 15 is 0 Å². The topological polar surface area (TPSA) is 43.4 Å². The molecule has 16 heavy (non-hydrogen) atoms. The van der Waals surface area contributed by atoms with Crippen LogP contribution in [-0.2, 0) is 20.7 Å². The molecule has 0 unspecified atom stereocenters. The van der Waals surface area contributed by atoms with E-state index in [0.29, 0.717) is 6.61 Å². The summed E-state index contributed by atoms with van der Waals surface area (Å²) in [6.07, 6.45) is 1.86. The van der Waals surface area contributed by atoms with Crippen LogP contribution in [0.5, 0.6) is 0 Å². The van der Waals surface area contributed by atoms with Crippen LogP contribution in [0.25, 0.3) is 0 Å². The Morgan fingerprint density at radius 3 is 2.50 bits per heavy atom. The average molecular weight is 220 g/mol. The van der Waals surface area contributed by atoms with Crippen molar-refractivity contribution in [3.8, 4) is 0 Å². The first-order chi connectivity index (χ1) is 7.74. The van der Waals surface area contributed by atoms with Crippen molar-refractivity contribution in [3.63, 3.8) is 0 Å². The van der Waals surface area contributed by atoms with Crippen LogP contribution in [0, 0.1) is 0 Å². The van der Waals surface area contributed by atoms with Gasteiger partial charge in [-0.1, -0.05) is 43.7 Å². The van der Waals surface area contributed by atoms with Crippen molar-refractivity contribution in [3.05, 3.63) is 35.9 Å². The van der Waals surface area contributed by atoms with Crippen LogP contribution in [0.15, 0.2) is 30.3 Å². The summed E-state index contributed by atoms with van der Waals surface area (Å²) >= 11 is 0. The number of carbonyl (C=O) groups is 2. The molecule has 0 saturated carbocycles. The van der Waals surface area contributed by atoms with E-state index in [-0.39, 0.29) is 6.42 Å². The third-order valence-corrected chi connectivity index (χ3v) is 2.17. The molecule has 1 rings (SSSR count). The van der Waals surface area contributed by atoms with Gasteiger partial charge < -0.3 is 4.74 Å². The maximum absolute atomic E-state index is 11.4. The maximum atomic E-state index is 11.4. The van der Waals surface area contributed by atoms with Crippen LogP contribution >= 0.6 is 0 Å². The van der Waals surface area contributed by atoms with E-state index in [2.05, 4.69) is 0 Å². The van der Waals surface area contributed by atoms with E-state index in [1.54, 1.807) is 0 Å². The van der Waals surface area contributed by atoms with Crippen molar-refractivity contribution >= 4 is 11.8 Å². The quantitative estimate of drug-likeness (QED) is 0.419. The third-order valence-electron chi connectivity index (χ3n) is 2.17. The highest BCUT2D eigenvalue weighted by Crippen LogP contribution is 2.01. The highest BCUT2D eigenvalue weighted by atomic mass is 16.5. The average Bonchev–Trinajstić information content (AvgIpc) is 2.30. The number of hydrogen-bond donors (Lipinski definition) is 0. The fraction of sp³-hybridized carbons (Fsp3) is 0.385. The van der Waals surface area contributed by atoms with Gasteiger partial charge in [-0.25, -0.2) is 4.79 Å². The smallest absolute Gasteiger partial charge is 0.374 e. The van der Waals surface area contributed by atoms with Crippen molar-refractivity contribution in [1.29, 1.82) is 0 Å². The Labute approximate surface area is 95.4 Å². The van der Waals surface area contributed by atoms with E-state index in [0.717, 1.165) is 18.4 Å². The van der Waals surface area contributed by atoms with Gasteiger partial charge in [-0.15, -0.1) is 0 Å². The van der Waals surface area contributed by atoms with Crippen LogP contribution in [0.2, 0.25) is 0 Å². The highest BCUT2D eigenvalue weighted by Gasteiger charge is 2.15. The summed E-state index contributed by atoms with van der Waals surface area (Å²) in [5, 5.41) is 0. The fourth-order valence-corrected chi connectivity index (χ4v) is 1.24. The lowest BCUT2D eigenvalue weighted by atomic mass is 10.1. The monoisotopic (exact) mass is 220 g/mol. The molecule has 86 valence electrons. The molecule has 0 aliphatic heterocycles. The SMILES string of the molecule is CCCCOC(=O)C(=O)Cc1ccccc1. The minimum atomic E-state index is -0.725. The minimum Gasteiger partial charge on any atom is -0.460 e. The first-order valence-corrected chi connectivity index (χ1v) is 5.48. The van der Waals surface area contributed by atoms with Gasteiger partial charge in [0.05, 0.1) is 6.61 Å². The molecular formula is C13H16O3. The number of hydrogen-bond acceptors (Lipinski definition) is 3. The Morgan fingerprint density at radius 2 is 1.88 bits per heavy atom. The summed E-state index contributed by atoms with van der Waals surface area (Å²) in [5.41, 5.74) is 0.833. The molecule has 0 fully saturated rings. The van der Waals surface area contributed by atoms with Crippen LogP contribution in [0.4, 0.5) is 0 Å². The third kappa shape index (κ3) is 4.26. The van der Waals surface area contributed by atoms with Gasteiger partial charge >= 0.3 is 5.97 Å². The lowest BCUT2D eigenvalue weighted by Gasteiger charge is -2.02. The molecule has 0 aromatic heterocycles. The Balaban J connectivity index is 2.38. The Hall–Kier alpha value is -1.64. The Kier molecular flexibility index (Phi) is 5.26. The summed E-state index contributed by atoms with van der Waals surface area (Å²) in [4.78, 5) is 22.7. The van der Waals surface area contributed by atoms with Crippen molar-refractivity contribution in [2.24, 2.45) is 0 Å². The molecule has 0 radical (unpaired) electrons. The van der Waals surface area contributed by atoms with E-state index in [9.17, 15) is 9.59 Å². The molecule has 0 aliphatic carbocycles. The second-order valence-electron chi connectivity index (χ2n) is 3.58. The van der Waals surface area contributed by atoms with Gasteiger partial charge in [0.15, 0.2) is 0 Å². The summed E-state index contributed by atoms with van der Waals surface area (Å²) < 4.78 is 4.83. The van der Waals surface area contributed by atoms with Crippen molar-refractivity contribution in [1.82, 2.24) is 0 Å². The summed E-state index contributed by atoms with van der Waals surface area (Å²) in [6.45, 7) is 2.33. The molecule has 0 spiro atoms. The fourth-order valence-electron chi connectivity index (χ4n) is 1.24. The second-order valence-corrected chi connectivity index (χ2v) is 3.58. The zero-order chi connectivity index (χ0) is 11.8. The van der Waals surface area contributed by atoms with E-state index in [1.165, 1.54) is 0 Å². The van der Waals surface area contributed by atoms with Gasteiger partial charge in [0, 0.05) is 6.42 Å². The van der Waals surface area contributed by atoms with Gasteiger partial charge in [-0.2, -0.15) is 0 Å². The number of unbranched alkanes of at least 4 members (excludes halogenated alkanes) is 1. The molecule has 0 heterocycles. The lowest BCUT2D eigenvalue weighted by molar-refractivity contribution is -0.153. The molecule has 0 aliphatic rings. The van der Waals surface area contributed by atoms with Gasteiger partial charge in [0.2, 0.25) is 5.78 Å². The standard InChI is InChI=1S/C13H16O3/c1-2-3-9-16-13(15)12(14)10-11-7-5-4-6-8-11/h4-8H,2-3,9-10H2,1H3. The number of benzene rings is 1. The second kappa shape index (κ2) is 6.77. The van der Waals surface area contributed by atoms with Crippen molar-refractivity contribution in [2.75, 3.05) is 6.61 Å². The molecule has 3 nitrogen and oxygen atoms in total. The highest BCUT2D eigenvalue weighted by molar-refractivity contribution is 6.34. The molecule has 3 heteroatoms. The minimum absolute atomic E-state index is 0.117. The van der Waals surface area contributed by atoms with Crippen molar-refractivity contribution in [2.45, 2.75) is 26.2 Å². The predicted octanol–water partition coefficient (Wildman–Crippen LogP) is 2.14. The number of carbonyl (C=O) groups excluding carboxylic acids is 2. The van der Waals surface area contributed by atoms with E-state index < -0.39 is 11.8 Å². The first-order valence-electron chi connectivity index (χ1n) is 5.48. The van der Waals surface area contributed by atoms with Gasteiger partial charge in [0.1, 0.15) is 0 Å². The predicted molar refractivity (Wildman–Crippen MR) is 61.0 cm³/mol. The number of ether oxygens (including phenoxy) is 1.